The Bertz CT molecular complexity index is 1010. The number of aliphatic hydroxyl groups is 2. The molecule has 0 amide bonds. The molecule has 0 bridgehead atoms. The second kappa shape index (κ2) is 8.72. The van der Waals surface area contributed by atoms with Crippen LogP contribution in [0.15, 0.2) is 54.9 Å². The molecule has 2 heterocycles. The Morgan fingerprint density at radius 1 is 1.07 bits per heavy atom. The van der Waals surface area contributed by atoms with Crippen molar-refractivity contribution in [1.82, 2.24) is 9.88 Å². The molecule has 158 valence electrons. The molecule has 1 saturated heterocycles. The molecule has 1 aliphatic rings. The minimum Gasteiger partial charge on any atom is -0.491 e. The van der Waals surface area contributed by atoms with Crippen LogP contribution in [0.4, 0.5) is 0 Å². The van der Waals surface area contributed by atoms with Crippen molar-refractivity contribution < 1.29 is 14.9 Å². The first-order valence-electron chi connectivity index (χ1n) is 10.6. The van der Waals surface area contributed by atoms with Gasteiger partial charge in [-0.15, -0.1) is 0 Å². The van der Waals surface area contributed by atoms with Gasteiger partial charge in [-0.1, -0.05) is 30.3 Å². The fourth-order valence-corrected chi connectivity index (χ4v) is 4.21. The van der Waals surface area contributed by atoms with Gasteiger partial charge in [0.25, 0.3) is 0 Å². The Labute approximate surface area is 177 Å². The van der Waals surface area contributed by atoms with Crippen molar-refractivity contribution in [3.8, 4) is 5.75 Å². The highest BCUT2D eigenvalue weighted by Gasteiger charge is 2.35. The number of pyridine rings is 1. The highest BCUT2D eigenvalue weighted by Crippen LogP contribution is 2.36. The van der Waals surface area contributed by atoms with E-state index in [1.807, 2.05) is 48.7 Å². The first kappa shape index (κ1) is 20.8. The predicted molar refractivity (Wildman–Crippen MR) is 119 cm³/mol. The van der Waals surface area contributed by atoms with Crippen LogP contribution >= 0.6 is 0 Å². The van der Waals surface area contributed by atoms with E-state index in [1.165, 1.54) is 11.1 Å². The molecule has 1 aromatic heterocycles. The topological polar surface area (TPSA) is 65.8 Å². The third-order valence-corrected chi connectivity index (χ3v) is 6.24. The second-order valence-electron chi connectivity index (χ2n) is 8.45. The summed E-state index contributed by atoms with van der Waals surface area (Å²) < 4.78 is 5.77. The lowest BCUT2D eigenvalue weighted by Crippen LogP contribution is -2.46. The Morgan fingerprint density at radius 3 is 2.60 bits per heavy atom. The Morgan fingerprint density at radius 2 is 1.83 bits per heavy atom. The van der Waals surface area contributed by atoms with Crippen molar-refractivity contribution in [3.63, 3.8) is 0 Å². The summed E-state index contributed by atoms with van der Waals surface area (Å²) >= 11 is 0. The molecule has 0 unspecified atom stereocenters. The van der Waals surface area contributed by atoms with Gasteiger partial charge in [0.15, 0.2) is 0 Å². The van der Waals surface area contributed by atoms with Gasteiger partial charge in [0.05, 0.1) is 5.60 Å². The molecule has 2 N–H and O–H groups in total. The molecular weight excluding hydrogens is 376 g/mol. The summed E-state index contributed by atoms with van der Waals surface area (Å²) in [6.07, 6.45) is 4.30. The van der Waals surface area contributed by atoms with Crippen LogP contribution in [0.3, 0.4) is 0 Å². The van der Waals surface area contributed by atoms with Crippen LogP contribution < -0.4 is 4.74 Å². The van der Waals surface area contributed by atoms with E-state index in [1.54, 1.807) is 6.20 Å². The Hall–Kier alpha value is -2.47. The number of benzene rings is 2. The van der Waals surface area contributed by atoms with Crippen molar-refractivity contribution in [3.05, 3.63) is 71.5 Å². The largest absolute Gasteiger partial charge is 0.491 e. The van der Waals surface area contributed by atoms with E-state index in [0.717, 1.165) is 35.2 Å². The van der Waals surface area contributed by atoms with E-state index in [2.05, 4.69) is 23.7 Å². The molecule has 5 heteroatoms. The number of aromatic nitrogens is 1. The number of rotatable bonds is 6. The van der Waals surface area contributed by atoms with E-state index in [0.29, 0.717) is 19.4 Å². The molecule has 0 aliphatic carbocycles. The van der Waals surface area contributed by atoms with Gasteiger partial charge in [0.2, 0.25) is 0 Å². The monoisotopic (exact) mass is 406 g/mol. The Balaban J connectivity index is 1.33. The lowest BCUT2D eigenvalue weighted by molar-refractivity contribution is -0.0364. The van der Waals surface area contributed by atoms with Crippen LogP contribution in [0.2, 0.25) is 0 Å². The first-order valence-corrected chi connectivity index (χ1v) is 10.6. The zero-order chi connectivity index (χ0) is 21.1. The molecule has 3 aromatic rings. The third-order valence-electron chi connectivity index (χ3n) is 6.24. The summed E-state index contributed by atoms with van der Waals surface area (Å²) in [5.74, 6) is 0.786. The smallest absolute Gasteiger partial charge is 0.119 e. The maximum absolute atomic E-state index is 11.3. The summed E-state index contributed by atoms with van der Waals surface area (Å²) in [6.45, 7) is 6.37. The number of nitrogens with zero attached hydrogens (tertiary/aromatic N) is 2. The standard InChI is InChI=1S/C25H30N2O3/c1-18-7-8-22(13-19(18)2)30-17-21(28)16-27-11-9-25(29,10-12-27)24-15-26-14-20-5-3-4-6-23(20)24/h3-8,13-15,21,28-29H,9-12,16-17H2,1-2H3/t21-/m0/s1. The molecule has 0 spiro atoms. The van der Waals surface area contributed by atoms with E-state index >= 15 is 0 Å². The molecule has 0 radical (unpaired) electrons. The molecule has 1 atom stereocenters. The predicted octanol–water partition coefficient (Wildman–Crippen LogP) is 3.57. The number of hydrogen-bond acceptors (Lipinski definition) is 5. The number of hydrogen-bond donors (Lipinski definition) is 2. The minimum absolute atomic E-state index is 0.260. The summed E-state index contributed by atoms with van der Waals surface area (Å²) in [7, 11) is 0. The summed E-state index contributed by atoms with van der Waals surface area (Å²) in [4.78, 5) is 6.53. The molecule has 1 aliphatic heterocycles. The highest BCUT2D eigenvalue weighted by atomic mass is 16.5. The van der Waals surface area contributed by atoms with Gasteiger partial charge in [-0.3, -0.25) is 4.98 Å². The van der Waals surface area contributed by atoms with Crippen molar-refractivity contribution in [2.45, 2.75) is 38.4 Å². The molecule has 0 saturated carbocycles. The number of piperidine rings is 1. The SMILES string of the molecule is Cc1ccc(OC[C@@H](O)CN2CCC(O)(c3cncc4ccccc34)CC2)cc1C. The number of β-amino-alcohol motifs (C(OH)–C–C–N with tert-alkyl or cyclic N) is 1. The highest BCUT2D eigenvalue weighted by molar-refractivity contribution is 5.85. The van der Waals surface area contributed by atoms with E-state index in [-0.39, 0.29) is 6.61 Å². The van der Waals surface area contributed by atoms with E-state index in [9.17, 15) is 10.2 Å². The number of likely N-dealkylation sites (tertiary alicyclic amines) is 1. The maximum Gasteiger partial charge on any atom is 0.119 e. The van der Waals surface area contributed by atoms with Crippen LogP contribution in [-0.4, -0.2) is 52.4 Å². The Kier molecular flexibility index (Phi) is 6.04. The van der Waals surface area contributed by atoms with Gasteiger partial charge in [-0.25, -0.2) is 0 Å². The summed E-state index contributed by atoms with van der Waals surface area (Å²) in [5, 5.41) is 23.9. The van der Waals surface area contributed by atoms with Gasteiger partial charge in [-0.2, -0.15) is 0 Å². The quantitative estimate of drug-likeness (QED) is 0.655. The van der Waals surface area contributed by atoms with Crippen molar-refractivity contribution in [1.29, 1.82) is 0 Å². The van der Waals surface area contributed by atoms with E-state index < -0.39 is 11.7 Å². The van der Waals surface area contributed by atoms with Crippen LogP contribution in [0.1, 0.15) is 29.5 Å². The van der Waals surface area contributed by atoms with Crippen molar-refractivity contribution in [2.24, 2.45) is 0 Å². The normalized spacial score (nSPS) is 17.7. The van der Waals surface area contributed by atoms with Gasteiger partial charge >= 0.3 is 0 Å². The number of ether oxygens (including phenoxy) is 1. The fourth-order valence-electron chi connectivity index (χ4n) is 4.21. The lowest BCUT2D eigenvalue weighted by atomic mass is 9.83. The molecule has 1 fully saturated rings. The van der Waals surface area contributed by atoms with Crippen LogP contribution in [0.25, 0.3) is 10.8 Å². The molecular formula is C25H30N2O3. The second-order valence-corrected chi connectivity index (χ2v) is 8.45. The van der Waals surface area contributed by atoms with Gasteiger partial charge in [0, 0.05) is 43.0 Å². The maximum atomic E-state index is 11.3. The zero-order valence-corrected chi connectivity index (χ0v) is 17.7. The van der Waals surface area contributed by atoms with Gasteiger partial charge < -0.3 is 19.8 Å². The van der Waals surface area contributed by atoms with Gasteiger partial charge in [0.1, 0.15) is 18.5 Å². The molecule has 2 aromatic carbocycles. The minimum atomic E-state index is -0.884. The van der Waals surface area contributed by atoms with E-state index in [4.69, 9.17) is 4.74 Å². The van der Waals surface area contributed by atoms with Crippen molar-refractivity contribution >= 4 is 10.8 Å². The average Bonchev–Trinajstić information content (AvgIpc) is 2.76. The number of aryl methyl sites for hydroxylation is 2. The number of aliphatic hydroxyl groups excluding tert-OH is 1. The summed E-state index contributed by atoms with van der Waals surface area (Å²) in [6, 6.07) is 14.0. The van der Waals surface area contributed by atoms with Crippen LogP contribution in [0, 0.1) is 13.8 Å². The lowest BCUT2D eigenvalue weighted by Gasteiger charge is -2.39. The zero-order valence-electron chi connectivity index (χ0n) is 17.7. The van der Waals surface area contributed by atoms with Crippen molar-refractivity contribution in [2.75, 3.05) is 26.2 Å². The fraction of sp³-hybridized carbons (Fsp3) is 0.400. The average molecular weight is 407 g/mol. The van der Waals surface area contributed by atoms with Crippen LogP contribution in [0.5, 0.6) is 5.75 Å². The molecule has 5 nitrogen and oxygen atoms in total. The summed E-state index contributed by atoms with van der Waals surface area (Å²) in [5.41, 5.74) is 2.43. The number of fused-ring (bicyclic) bond motifs is 1. The molecule has 30 heavy (non-hydrogen) atoms. The van der Waals surface area contributed by atoms with Gasteiger partial charge in [-0.05, 0) is 55.3 Å². The first-order chi connectivity index (χ1) is 14.4. The molecule has 4 rings (SSSR count). The third kappa shape index (κ3) is 4.48. The van der Waals surface area contributed by atoms with Crippen LogP contribution in [-0.2, 0) is 5.60 Å².